The van der Waals surface area contributed by atoms with Crippen LogP contribution in [0.25, 0.3) is 0 Å². The third-order valence-electron chi connectivity index (χ3n) is 1.44. The molecule has 0 aliphatic carbocycles. The van der Waals surface area contributed by atoms with E-state index < -0.39 is 7.87 Å². The summed E-state index contributed by atoms with van der Waals surface area (Å²) in [4.78, 5) is 0. The predicted octanol–water partition coefficient (Wildman–Crippen LogP) is 2.26. The van der Waals surface area contributed by atoms with E-state index in [1.807, 2.05) is 0 Å². The Bertz CT molecular complexity index is 85.8. The minimum absolute atomic E-state index is 0.873. The Hall–Kier alpha value is 0.427. The Morgan fingerprint density at radius 2 is 1.80 bits per heavy atom. The molecule has 0 saturated carbocycles. The molecule has 0 spiro atoms. The lowest BCUT2D eigenvalue weighted by Gasteiger charge is -2.18. The second kappa shape index (κ2) is 5.13. The van der Waals surface area contributed by atoms with E-state index in [4.69, 9.17) is 19.9 Å². The number of rotatable bonds is 5. The van der Waals surface area contributed by atoms with Crippen LogP contribution >= 0.6 is 11.1 Å². The molecule has 0 N–H and O–H groups in total. The normalized spacial score (nSPS) is 12.0. The second-order valence-electron chi connectivity index (χ2n) is 2.17. The van der Waals surface area contributed by atoms with Gasteiger partial charge < -0.3 is 8.85 Å². The summed E-state index contributed by atoms with van der Waals surface area (Å²) < 4.78 is 10.1. The summed E-state index contributed by atoms with van der Waals surface area (Å²) in [7, 11) is 0.973. The molecule has 0 heterocycles. The molecule has 0 rings (SSSR count). The molecule has 0 aromatic carbocycles. The Labute approximate surface area is 68.4 Å². The van der Waals surface area contributed by atoms with Gasteiger partial charge in [-0.1, -0.05) is 30.8 Å². The summed E-state index contributed by atoms with van der Waals surface area (Å²) >= 11 is 5.98. The molecule has 0 radical (unpaired) electrons. The summed E-state index contributed by atoms with van der Waals surface area (Å²) in [6.45, 7) is 2.12. The third-order valence-corrected chi connectivity index (χ3v) is 5.10. The maximum absolute atomic E-state index is 5.98. The van der Waals surface area contributed by atoms with Crippen molar-refractivity contribution in [1.29, 1.82) is 0 Å². The molecule has 0 saturated heterocycles. The van der Waals surface area contributed by atoms with Gasteiger partial charge in [0.25, 0.3) is 0 Å². The van der Waals surface area contributed by atoms with Crippen molar-refractivity contribution < 1.29 is 8.85 Å². The predicted molar refractivity (Wildman–Crippen MR) is 45.3 cm³/mol. The van der Waals surface area contributed by atoms with E-state index in [1.54, 1.807) is 14.2 Å². The molecule has 10 heavy (non-hydrogen) atoms. The van der Waals surface area contributed by atoms with Crippen LogP contribution in [0.4, 0.5) is 0 Å². The quantitative estimate of drug-likeness (QED) is 0.480. The van der Waals surface area contributed by atoms with Gasteiger partial charge in [-0.3, -0.25) is 0 Å². The minimum atomic E-state index is -2.25. The van der Waals surface area contributed by atoms with Crippen molar-refractivity contribution in [1.82, 2.24) is 0 Å². The monoisotopic (exact) mass is 182 g/mol. The standard InChI is InChI=1S/C6H15ClO2Si/c1-4-5-6-10(7,8-2)9-3/h4-6H2,1-3H3. The highest BCUT2D eigenvalue weighted by atomic mass is 35.6. The molecule has 0 aromatic heterocycles. The third kappa shape index (κ3) is 3.56. The number of hydrogen-bond acceptors (Lipinski definition) is 2. The van der Waals surface area contributed by atoms with E-state index in [2.05, 4.69) is 6.92 Å². The molecular weight excluding hydrogens is 168 g/mol. The van der Waals surface area contributed by atoms with Crippen molar-refractivity contribution in [3.63, 3.8) is 0 Å². The zero-order valence-electron chi connectivity index (χ0n) is 6.82. The molecule has 2 nitrogen and oxygen atoms in total. The van der Waals surface area contributed by atoms with Crippen molar-refractivity contribution in [2.24, 2.45) is 0 Å². The molecule has 0 bridgehead atoms. The number of hydrogen-bond donors (Lipinski definition) is 0. The average molecular weight is 183 g/mol. The summed E-state index contributed by atoms with van der Waals surface area (Å²) in [5.41, 5.74) is 0. The molecule has 0 atom stereocenters. The van der Waals surface area contributed by atoms with Crippen LogP contribution < -0.4 is 0 Å². The van der Waals surface area contributed by atoms with Crippen LogP contribution in [0.15, 0.2) is 0 Å². The highest BCUT2D eigenvalue weighted by Gasteiger charge is 2.31. The molecule has 0 aliphatic rings. The van der Waals surface area contributed by atoms with Gasteiger partial charge in [0.1, 0.15) is 0 Å². The topological polar surface area (TPSA) is 18.5 Å². The number of unbranched alkanes of at least 4 members (excludes halogenated alkanes) is 1. The van der Waals surface area contributed by atoms with Crippen molar-refractivity contribution in [2.45, 2.75) is 25.8 Å². The fourth-order valence-electron chi connectivity index (χ4n) is 0.675. The van der Waals surface area contributed by atoms with Crippen LogP contribution in [0.2, 0.25) is 6.04 Å². The van der Waals surface area contributed by atoms with Gasteiger partial charge in [-0.05, 0) is 0 Å². The van der Waals surface area contributed by atoms with Crippen LogP contribution in [0.5, 0.6) is 0 Å². The van der Waals surface area contributed by atoms with Crippen LogP contribution in [0.1, 0.15) is 19.8 Å². The first kappa shape index (κ1) is 10.4. The van der Waals surface area contributed by atoms with E-state index in [-0.39, 0.29) is 0 Å². The molecule has 0 fully saturated rings. The van der Waals surface area contributed by atoms with E-state index in [0.717, 1.165) is 18.9 Å². The average Bonchev–Trinajstić information content (AvgIpc) is 2.00. The van der Waals surface area contributed by atoms with Gasteiger partial charge in [-0.15, -0.1) is 0 Å². The smallest absolute Gasteiger partial charge is 0.386 e. The number of halogens is 1. The van der Waals surface area contributed by atoms with Gasteiger partial charge >= 0.3 is 7.87 Å². The molecule has 62 valence electrons. The SMILES string of the molecule is CCCC[Si](Cl)(OC)OC. The highest BCUT2D eigenvalue weighted by molar-refractivity contribution is 7.12. The van der Waals surface area contributed by atoms with Crippen LogP contribution in [-0.2, 0) is 8.85 Å². The van der Waals surface area contributed by atoms with Crippen LogP contribution in [0, 0.1) is 0 Å². The van der Waals surface area contributed by atoms with Crippen molar-refractivity contribution in [2.75, 3.05) is 14.2 Å². The minimum Gasteiger partial charge on any atom is -0.386 e. The molecule has 4 heteroatoms. The summed E-state index contributed by atoms with van der Waals surface area (Å²) in [6.07, 6.45) is 2.21. The lowest BCUT2D eigenvalue weighted by Crippen LogP contribution is -2.32. The second-order valence-corrected chi connectivity index (χ2v) is 6.54. The molecular formula is C6H15ClO2Si. The van der Waals surface area contributed by atoms with Gasteiger partial charge in [-0.2, -0.15) is 0 Å². The van der Waals surface area contributed by atoms with Gasteiger partial charge in [0.15, 0.2) is 0 Å². The first-order valence-corrected chi connectivity index (χ1v) is 6.51. The fraction of sp³-hybridized carbons (Fsp3) is 1.00. The molecule has 0 aliphatic heterocycles. The summed E-state index contributed by atoms with van der Waals surface area (Å²) in [5.74, 6) is 0. The van der Waals surface area contributed by atoms with Gasteiger partial charge in [-0.25, -0.2) is 0 Å². The van der Waals surface area contributed by atoms with Gasteiger partial charge in [0.05, 0.1) is 0 Å². The molecule has 0 unspecified atom stereocenters. The lowest BCUT2D eigenvalue weighted by atomic mass is 10.4. The van der Waals surface area contributed by atoms with Crippen molar-refractivity contribution in [3.05, 3.63) is 0 Å². The van der Waals surface area contributed by atoms with E-state index in [1.165, 1.54) is 0 Å². The van der Waals surface area contributed by atoms with Crippen LogP contribution in [0.3, 0.4) is 0 Å². The van der Waals surface area contributed by atoms with E-state index >= 15 is 0 Å². The Kier molecular flexibility index (Phi) is 5.35. The summed E-state index contributed by atoms with van der Waals surface area (Å²) in [5, 5.41) is 0. The van der Waals surface area contributed by atoms with Crippen molar-refractivity contribution in [3.8, 4) is 0 Å². The first-order chi connectivity index (χ1) is 4.68. The fourth-order valence-corrected chi connectivity index (χ4v) is 2.43. The van der Waals surface area contributed by atoms with Crippen LogP contribution in [-0.4, -0.2) is 22.1 Å². The Morgan fingerprint density at radius 1 is 1.30 bits per heavy atom. The maximum atomic E-state index is 5.98. The van der Waals surface area contributed by atoms with Gasteiger partial charge in [0.2, 0.25) is 0 Å². The molecule has 0 aromatic rings. The Balaban J connectivity index is 3.58. The summed E-state index contributed by atoms with van der Waals surface area (Å²) in [6, 6.07) is 0.873. The molecule has 0 amide bonds. The first-order valence-electron chi connectivity index (χ1n) is 3.47. The Morgan fingerprint density at radius 3 is 2.10 bits per heavy atom. The zero-order chi connectivity index (χ0) is 8.04. The van der Waals surface area contributed by atoms with E-state index in [9.17, 15) is 0 Å². The van der Waals surface area contributed by atoms with Crippen molar-refractivity contribution >= 4 is 18.9 Å². The largest absolute Gasteiger partial charge is 0.442 e. The maximum Gasteiger partial charge on any atom is 0.442 e. The zero-order valence-corrected chi connectivity index (χ0v) is 8.57. The lowest BCUT2D eigenvalue weighted by molar-refractivity contribution is 0.264. The highest BCUT2D eigenvalue weighted by Crippen LogP contribution is 2.19. The van der Waals surface area contributed by atoms with Gasteiger partial charge in [0, 0.05) is 20.3 Å². The van der Waals surface area contributed by atoms with E-state index in [0.29, 0.717) is 0 Å².